The van der Waals surface area contributed by atoms with Gasteiger partial charge in [0.05, 0.1) is 50.4 Å². The first-order valence-electron chi connectivity index (χ1n) is 13.5. The standard InChI is InChI=1S/C6H2N6O7.C6HN5O7.C6H4N4O7.CH4.ClH.N3.HNO2.2Na.HO4P.H2/c7-9-8-4-2(10(14)15)1-3(11(16)17)6(13)5(4)12(18)19;7-8-4-2(9(13)14)1-3(10(15)16)6(12)5(4)11(17)18;7-4-2(8(12)13)1-3(9(14)15)6(11)5(4)10(16)17;;;1-3-2;2-1-3;;;1-4-5(2)3;/h1,13H;1H;1,11H,7H2;1H4;1H;;(H,2,3);;;1H;1H/q;;;;;-1;;2*+1;;/p-1. The molecule has 0 fully saturated rings. The molecule has 0 radical (unpaired) electrons. The van der Waals surface area contributed by atoms with Gasteiger partial charge < -0.3 is 59.5 Å². The maximum Gasteiger partial charge on any atom is 1.00 e. The number of hydrogen-bond donors (Lipinski definition) is 5. The van der Waals surface area contributed by atoms with Crippen LogP contribution in [0.4, 0.5) is 68.2 Å². The number of halogens is 1. The SMILES string of the molecule is C.N#[N+]c1c([N+](=O)[O-])cc([N+](=O)[O-])c(O)c1[N+](=O)[O-].Nc1c([N+](=O)[O-])cc([N+](=O)[O-])c(O)c1[N+](=O)[O-].O=N[O-].O=[P+]([O-])OO.[Cl-].[HH].[N-]=[N+]=Nc1c([N+](=O)[O-])cc([N+](=O)[O-])c(O)c1[N+](=O)[O-].[N-]=[N+]=[N-].[Na+].[Na+]. The van der Waals surface area contributed by atoms with Gasteiger partial charge in [-0.3, -0.25) is 95.9 Å². The zero-order valence-corrected chi connectivity index (χ0v) is 37.5. The van der Waals surface area contributed by atoms with Crippen molar-refractivity contribution in [1.29, 1.82) is 5.39 Å². The van der Waals surface area contributed by atoms with Gasteiger partial charge >= 0.3 is 119 Å². The molecule has 0 aliphatic rings. The second-order valence-electron chi connectivity index (χ2n) is 9.02. The second-order valence-corrected chi connectivity index (χ2v) is 9.63. The fourth-order valence-electron chi connectivity index (χ4n) is 3.51. The second kappa shape index (κ2) is 35.4. The van der Waals surface area contributed by atoms with Crippen molar-refractivity contribution in [3.05, 3.63) is 151 Å². The Morgan fingerprint density at radius 1 is 0.623 bits per heavy atom. The van der Waals surface area contributed by atoms with Crippen molar-refractivity contribution in [2.45, 2.75) is 7.43 Å². The van der Waals surface area contributed by atoms with E-state index in [1.165, 1.54) is 4.91 Å². The summed E-state index contributed by atoms with van der Waals surface area (Å²) < 4.78 is 11.6. The van der Waals surface area contributed by atoms with Crippen molar-refractivity contribution in [1.82, 2.24) is 0 Å². The average Bonchev–Trinajstić information content (AvgIpc) is 3.18. The number of nitrogen functional groups attached to an aromatic ring is 1. The van der Waals surface area contributed by atoms with Gasteiger partial charge in [-0.25, -0.2) is 5.26 Å². The molecule has 0 saturated heterocycles. The number of benzene rings is 3. The summed E-state index contributed by atoms with van der Waals surface area (Å²) in [4.78, 5) is 107. The number of anilines is 1. The summed E-state index contributed by atoms with van der Waals surface area (Å²) in [7, 11) is -3.04. The normalized spacial score (nSPS) is 8.62. The molecule has 69 heavy (non-hydrogen) atoms. The van der Waals surface area contributed by atoms with Gasteiger partial charge in [-0.2, -0.15) is 0 Å². The fraction of sp³-hybridized carbons (Fsp3) is 0.0526. The zero-order valence-electron chi connectivity index (χ0n) is 31.9. The van der Waals surface area contributed by atoms with E-state index in [4.69, 9.17) is 52.5 Å². The minimum absolute atomic E-state index is 0. The van der Waals surface area contributed by atoms with Crippen LogP contribution in [-0.2, 0) is 9.24 Å². The molecular formula is C19H15ClN19Na2O27P. The van der Waals surface area contributed by atoms with E-state index in [9.17, 15) is 106 Å². The topological polar surface area (TPSA) is 733 Å². The molecule has 1 unspecified atom stereocenters. The Bertz CT molecular complexity index is 2590. The van der Waals surface area contributed by atoms with Gasteiger partial charge in [0.1, 0.15) is 12.1 Å². The Morgan fingerprint density at radius 3 is 1.13 bits per heavy atom. The number of nitro benzene ring substituents is 9. The minimum atomic E-state index is -3.04. The Hall–Kier alpha value is -8.83. The summed E-state index contributed by atoms with van der Waals surface area (Å²) in [6.45, 7) is 0. The van der Waals surface area contributed by atoms with Gasteiger partial charge in [-0.1, -0.05) is 7.43 Å². The molecule has 0 aliphatic heterocycles. The molecule has 46 nitrogen and oxygen atoms in total. The van der Waals surface area contributed by atoms with Crippen LogP contribution in [-0.4, -0.2) is 64.9 Å². The molecule has 0 aromatic heterocycles. The van der Waals surface area contributed by atoms with Gasteiger partial charge in [-0.05, 0) is 15.2 Å². The number of phenolic OH excluding ortho intramolecular Hbond substituents is 3. The molecule has 0 heterocycles. The van der Waals surface area contributed by atoms with Gasteiger partial charge in [0.15, 0.2) is 16.4 Å². The van der Waals surface area contributed by atoms with Gasteiger partial charge in [0.2, 0.25) is 5.39 Å². The first kappa shape index (κ1) is 74.5. The van der Waals surface area contributed by atoms with Crippen LogP contribution in [0, 0.1) is 107 Å². The molecule has 0 aliphatic carbocycles. The van der Waals surface area contributed by atoms with Crippen molar-refractivity contribution < 1.29 is 152 Å². The van der Waals surface area contributed by atoms with E-state index in [-0.39, 0.29) is 92.5 Å². The quantitative estimate of drug-likeness (QED) is 0.0108. The van der Waals surface area contributed by atoms with Crippen LogP contribution in [0.1, 0.15) is 8.85 Å². The molecule has 0 bridgehead atoms. The molecule has 3 aromatic carbocycles. The first-order valence-corrected chi connectivity index (χ1v) is 14.6. The van der Waals surface area contributed by atoms with Crippen molar-refractivity contribution >= 4 is 76.5 Å². The van der Waals surface area contributed by atoms with Crippen LogP contribution in [0.25, 0.3) is 31.4 Å². The predicted octanol–water partition coefficient (Wildman–Crippen LogP) is -3.14. The monoisotopic (exact) mass is 1050 g/mol. The number of phenols is 3. The molecule has 0 amide bonds. The fourth-order valence-corrected chi connectivity index (χ4v) is 3.51. The van der Waals surface area contributed by atoms with Crippen molar-refractivity contribution in [2.24, 2.45) is 10.5 Å². The van der Waals surface area contributed by atoms with Crippen molar-refractivity contribution in [3.63, 3.8) is 0 Å². The summed E-state index contributed by atoms with van der Waals surface area (Å²) in [5.41, 5.74) is 12.5. The van der Waals surface area contributed by atoms with E-state index in [0.29, 0.717) is 6.07 Å². The largest absolute Gasteiger partial charge is 1.00 e. The summed E-state index contributed by atoms with van der Waals surface area (Å²) in [5, 5.41) is 150. The number of azide groups is 1. The van der Waals surface area contributed by atoms with Crippen LogP contribution < -0.4 is 82.1 Å². The van der Waals surface area contributed by atoms with Gasteiger partial charge in [-0.15, -0.1) is 5.34 Å². The van der Waals surface area contributed by atoms with Crippen LogP contribution >= 0.6 is 8.25 Å². The van der Waals surface area contributed by atoms with Gasteiger partial charge in [0, 0.05) is 11.0 Å². The third-order valence-electron chi connectivity index (χ3n) is 5.73. The van der Waals surface area contributed by atoms with Crippen LogP contribution in [0.2, 0.25) is 0 Å². The molecule has 0 saturated carbocycles. The molecule has 3 aromatic rings. The average molecular weight is 1050 g/mol. The number of diazo groups is 1. The van der Waals surface area contributed by atoms with E-state index >= 15 is 0 Å². The summed E-state index contributed by atoms with van der Waals surface area (Å²) in [6.07, 6.45) is 0. The summed E-state index contributed by atoms with van der Waals surface area (Å²) in [5.74, 6) is -4.17. The number of hydrogen-bond acceptors (Lipinski definition) is 31. The van der Waals surface area contributed by atoms with E-state index < -0.39 is 138 Å². The number of nitrogens with two attached hydrogens (primary N) is 1. The molecule has 1 atom stereocenters. The molecule has 0 spiro atoms. The molecule has 6 N–H and O–H groups in total. The number of nitro groups is 9. The van der Waals surface area contributed by atoms with Crippen LogP contribution in [0.15, 0.2) is 28.7 Å². The van der Waals surface area contributed by atoms with Crippen molar-refractivity contribution in [3.8, 4) is 17.2 Å². The molecule has 50 heteroatoms. The smallest absolute Gasteiger partial charge is 1.00 e. The zero-order chi connectivity index (χ0) is 51.8. The maximum absolute atomic E-state index is 10.7. The van der Waals surface area contributed by atoms with E-state index in [2.05, 4.69) is 19.7 Å². The van der Waals surface area contributed by atoms with Gasteiger partial charge in [0.25, 0.3) is 22.9 Å². The molecule has 362 valence electrons. The third kappa shape index (κ3) is 21.8. The Balaban J connectivity index is -0.000000120. The van der Waals surface area contributed by atoms with E-state index in [1.807, 2.05) is 0 Å². The van der Waals surface area contributed by atoms with Crippen molar-refractivity contribution in [2.75, 3.05) is 5.73 Å². The first-order chi connectivity index (χ1) is 30.0. The number of rotatable bonds is 11. The Labute approximate surface area is 423 Å². The number of nitrogens with zero attached hydrogens (tertiary/aromatic N) is 18. The predicted molar refractivity (Wildman–Crippen MR) is 202 cm³/mol. The Morgan fingerprint density at radius 2 is 0.884 bits per heavy atom. The Kier molecular flexibility index (Phi) is 38.3. The number of aromatic hydroxyl groups is 3. The van der Waals surface area contributed by atoms with E-state index in [0.717, 1.165) is 5.34 Å². The summed E-state index contributed by atoms with van der Waals surface area (Å²) in [6, 6.07) is 0.890. The summed E-state index contributed by atoms with van der Waals surface area (Å²) >= 11 is 0. The maximum atomic E-state index is 10.7. The van der Waals surface area contributed by atoms with E-state index in [1.54, 1.807) is 0 Å². The van der Waals surface area contributed by atoms with Crippen LogP contribution in [0.5, 0.6) is 17.2 Å². The third-order valence-corrected chi connectivity index (χ3v) is 5.86. The van der Waals surface area contributed by atoms with Crippen LogP contribution in [0.3, 0.4) is 0 Å². The minimum Gasteiger partial charge on any atom is -1.00 e. The molecular weight excluding hydrogens is 1040 g/mol. The molecule has 3 rings (SSSR count).